The summed E-state index contributed by atoms with van der Waals surface area (Å²) in [5.41, 5.74) is 7.95. The normalized spacial score (nSPS) is 18.9. The van der Waals surface area contributed by atoms with Crippen LogP contribution >= 0.6 is 12.4 Å². The van der Waals surface area contributed by atoms with E-state index >= 15 is 0 Å². The van der Waals surface area contributed by atoms with Crippen molar-refractivity contribution in [2.75, 3.05) is 92.3 Å². The van der Waals surface area contributed by atoms with E-state index in [1.807, 2.05) is 46.2 Å². The highest BCUT2D eigenvalue weighted by Gasteiger charge is 2.55. The second-order valence-electron chi connectivity index (χ2n) is 22.5. The molecular formula is C60H61ClN12O8S4. The van der Waals surface area contributed by atoms with E-state index in [0.717, 1.165) is 94.0 Å². The Hall–Kier alpha value is -7.77. The number of aromatic nitrogens is 4. The summed E-state index contributed by atoms with van der Waals surface area (Å²) >= 11 is 0. The summed E-state index contributed by atoms with van der Waals surface area (Å²) in [6, 6.07) is 31.6. The summed E-state index contributed by atoms with van der Waals surface area (Å²) in [5.74, 6) is 1.86. The Bertz CT molecular complexity index is 4220. The first kappa shape index (κ1) is 57.7. The number of anilines is 6. The first-order valence-corrected chi connectivity index (χ1v) is 34.5. The molecule has 2 amide bonds. The van der Waals surface area contributed by atoms with E-state index in [1.54, 1.807) is 97.2 Å². The van der Waals surface area contributed by atoms with Gasteiger partial charge in [-0.25, -0.2) is 35.2 Å². The van der Waals surface area contributed by atoms with Gasteiger partial charge in [0.2, 0.25) is 11.8 Å². The number of benzene rings is 4. The predicted molar refractivity (Wildman–Crippen MR) is 335 cm³/mol. The average molecular weight is 1240 g/mol. The Labute approximate surface area is 500 Å². The number of hydrogen-bond donors (Lipinski definition) is 4. The second kappa shape index (κ2) is 21.3. The van der Waals surface area contributed by atoms with Gasteiger partial charge in [-0.2, -0.15) is 0 Å². The lowest BCUT2D eigenvalue weighted by Crippen LogP contribution is -2.43. The highest BCUT2D eigenvalue weighted by Crippen LogP contribution is 2.57. The minimum atomic E-state index is -3.93. The number of pyridine rings is 4. The van der Waals surface area contributed by atoms with E-state index < -0.39 is 50.3 Å². The third-order valence-corrected chi connectivity index (χ3v) is 23.7. The van der Waals surface area contributed by atoms with E-state index in [-0.39, 0.29) is 57.0 Å². The first-order valence-electron chi connectivity index (χ1n) is 27.7. The molecule has 4 aliphatic heterocycles. The Morgan fingerprint density at radius 3 is 1.20 bits per heavy atom. The molecular weight excluding hydrogens is 1180 g/mol. The van der Waals surface area contributed by atoms with Crippen molar-refractivity contribution in [2.24, 2.45) is 0 Å². The van der Waals surface area contributed by atoms with Crippen LogP contribution in [0.1, 0.15) is 49.7 Å². The number of sulfonamides is 2. The topological polar surface area (TPSA) is 273 Å². The monoisotopic (exact) mass is 1240 g/mol. The van der Waals surface area contributed by atoms with Crippen LogP contribution in [0.2, 0.25) is 0 Å². The summed E-state index contributed by atoms with van der Waals surface area (Å²) in [7, 11) is -9.54. The van der Waals surface area contributed by atoms with Gasteiger partial charge in [-0.1, -0.05) is 61.4 Å². The third kappa shape index (κ3) is 10.1. The maximum atomic E-state index is 13.4. The molecule has 25 heteroatoms. The zero-order valence-electron chi connectivity index (χ0n) is 46.5. The predicted octanol–water partition coefficient (Wildman–Crippen LogP) is 9.15. The van der Waals surface area contributed by atoms with Crippen molar-refractivity contribution in [1.29, 1.82) is 9.56 Å². The number of amides is 2. The van der Waals surface area contributed by atoms with Crippen LogP contribution in [0.25, 0.3) is 44.1 Å². The van der Waals surface area contributed by atoms with Crippen LogP contribution in [0.15, 0.2) is 144 Å². The van der Waals surface area contributed by atoms with Crippen molar-refractivity contribution in [1.82, 2.24) is 19.9 Å². The summed E-state index contributed by atoms with van der Waals surface area (Å²) in [6.07, 6.45) is 12.2. The number of hydrogen-bond acceptors (Lipinski definition) is 16. The molecule has 0 atom stereocenters. The number of nitrogens with one attached hydrogen (secondary N) is 4. The van der Waals surface area contributed by atoms with Gasteiger partial charge >= 0.3 is 0 Å². The number of carbonyl (C=O) groups is 2. The quantitative estimate of drug-likeness (QED) is 0.0994. The van der Waals surface area contributed by atoms with E-state index in [2.05, 4.69) is 19.4 Å². The molecule has 0 bridgehead atoms. The number of fused-ring (bicyclic) bond motifs is 8. The zero-order valence-corrected chi connectivity index (χ0v) is 50.6. The molecule has 8 aromatic rings. The largest absolute Gasteiger partial charge is 0.353 e. The van der Waals surface area contributed by atoms with Gasteiger partial charge in [0.1, 0.15) is 0 Å². The zero-order chi connectivity index (χ0) is 58.6. The van der Waals surface area contributed by atoms with E-state index in [4.69, 9.17) is 19.5 Å². The van der Waals surface area contributed by atoms with Crippen LogP contribution in [-0.4, -0.2) is 120 Å². The lowest BCUT2D eigenvalue weighted by Gasteiger charge is -2.37. The van der Waals surface area contributed by atoms with Gasteiger partial charge in [-0.3, -0.25) is 38.6 Å². The Morgan fingerprint density at radius 1 is 0.494 bits per heavy atom. The van der Waals surface area contributed by atoms with Crippen LogP contribution in [0.3, 0.4) is 0 Å². The van der Waals surface area contributed by atoms with Gasteiger partial charge in [0.05, 0.1) is 66.8 Å². The molecule has 440 valence electrons. The van der Waals surface area contributed by atoms with E-state index in [0.29, 0.717) is 60.3 Å². The summed E-state index contributed by atoms with van der Waals surface area (Å²) in [6.45, 7) is 1.36. The molecule has 85 heavy (non-hydrogen) atoms. The molecule has 2 saturated carbocycles. The van der Waals surface area contributed by atoms with E-state index in [9.17, 15) is 34.8 Å². The molecule has 4 N–H and O–H groups in total. The molecule has 4 fully saturated rings. The van der Waals surface area contributed by atoms with Crippen molar-refractivity contribution in [3.8, 4) is 22.3 Å². The maximum Gasteiger partial charge on any atom is 0.262 e. The van der Waals surface area contributed by atoms with Crippen molar-refractivity contribution in [2.45, 2.75) is 59.1 Å². The molecule has 6 aliphatic rings. The fourth-order valence-electron chi connectivity index (χ4n) is 12.7. The smallest absolute Gasteiger partial charge is 0.262 e. The van der Waals surface area contributed by atoms with Crippen LogP contribution in [0, 0.1) is 9.56 Å². The van der Waals surface area contributed by atoms with Crippen molar-refractivity contribution >= 4 is 120 Å². The fraction of sp³-hybridized carbons (Fsp3) is 0.300. The van der Waals surface area contributed by atoms with Gasteiger partial charge < -0.3 is 19.6 Å². The standard InChI is InChI=1S/2C30H30N6O4S2.ClH/c2*1-35-26-19-32-24-9-8-20(16-23(24)27(26)30(29(35)37)10-5-11-30)21-17-25(34-42(39,40)22-6-3-2-4-7-22)28(33-18-21)36-12-14-41(31,38)15-13-36;/h2*2-4,6-9,16-19,31,34H,5,10-15H2,1H3;1H. The lowest BCUT2D eigenvalue weighted by atomic mass is 9.64. The van der Waals surface area contributed by atoms with Crippen molar-refractivity contribution in [3.63, 3.8) is 0 Å². The Morgan fingerprint density at radius 2 is 0.859 bits per heavy atom. The number of likely N-dealkylation sites (N-methyl/N-ethyl adjacent to an activating group) is 2. The molecule has 0 radical (unpaired) electrons. The third-order valence-electron chi connectivity index (χ3n) is 17.6. The molecule has 0 unspecified atom stereocenters. The lowest BCUT2D eigenvalue weighted by molar-refractivity contribution is -0.126. The molecule has 4 aromatic carbocycles. The number of carbonyl (C=O) groups excluding carboxylic acids is 2. The minimum Gasteiger partial charge on any atom is -0.353 e. The maximum absolute atomic E-state index is 13.4. The van der Waals surface area contributed by atoms with Crippen LogP contribution < -0.4 is 29.0 Å². The van der Waals surface area contributed by atoms with Crippen molar-refractivity contribution < 1.29 is 34.8 Å². The van der Waals surface area contributed by atoms with Crippen molar-refractivity contribution in [3.05, 3.63) is 145 Å². The Balaban J connectivity index is 0.000000165. The Kier molecular flexibility index (Phi) is 14.5. The second-order valence-corrected chi connectivity index (χ2v) is 30.8. The van der Waals surface area contributed by atoms with Gasteiger partial charge in [-0.15, -0.1) is 12.4 Å². The highest BCUT2D eigenvalue weighted by atomic mass is 35.5. The summed E-state index contributed by atoms with van der Waals surface area (Å²) in [5, 5.41) is 1.83. The molecule has 4 aromatic heterocycles. The average Bonchev–Trinajstić information content (AvgIpc) is 1.61. The summed E-state index contributed by atoms with van der Waals surface area (Å²) in [4.78, 5) is 52.7. The highest BCUT2D eigenvalue weighted by molar-refractivity contribution is 7.93. The molecule has 20 nitrogen and oxygen atoms in total. The first-order chi connectivity index (χ1) is 40.2. The van der Waals surface area contributed by atoms with Crippen LogP contribution in [0.4, 0.5) is 34.4 Å². The van der Waals surface area contributed by atoms with Crippen LogP contribution in [0.5, 0.6) is 0 Å². The van der Waals surface area contributed by atoms with Gasteiger partial charge in [0.25, 0.3) is 20.0 Å². The van der Waals surface area contributed by atoms with E-state index in [1.165, 1.54) is 24.3 Å². The van der Waals surface area contributed by atoms with Gasteiger partial charge in [-0.05, 0) is 97.5 Å². The number of halogens is 1. The molecule has 14 rings (SSSR count). The molecule has 2 aliphatic carbocycles. The van der Waals surface area contributed by atoms with Gasteiger partial charge in [0, 0.05) is 128 Å². The van der Waals surface area contributed by atoms with Gasteiger partial charge in [0.15, 0.2) is 11.6 Å². The molecule has 2 spiro atoms. The molecule has 2 saturated heterocycles. The summed E-state index contributed by atoms with van der Waals surface area (Å²) < 4.78 is 99.5. The number of nitrogens with zero attached hydrogens (tertiary/aromatic N) is 8. The molecule has 8 heterocycles. The number of rotatable bonds is 10. The minimum absolute atomic E-state index is 0. The SMILES string of the molecule is CN1C(=O)C2(CCC2)c2c1cnc1ccc(-c3cnc(N4CCS(=N)(=O)CC4)c(NS(=O)(=O)c4ccccc4)c3)cc21.CN1C(=O)C2(CCC2)c2c1cnc1ccc(-c3cnc(N4CCS(=N)(=O)CC4)c(NS(=O)(=O)c4ccccc4)c3)cc21.Cl. The fourth-order valence-corrected chi connectivity index (χ4v) is 17.3. The van der Waals surface area contributed by atoms with Crippen LogP contribution in [-0.2, 0) is 59.9 Å².